The molecule has 0 unspecified atom stereocenters. The Morgan fingerprint density at radius 3 is 2.52 bits per heavy atom. The van der Waals surface area contributed by atoms with Crippen LogP contribution in [0.4, 0.5) is 5.82 Å². The number of fused-ring (bicyclic) bond motifs is 1. The van der Waals surface area contributed by atoms with Gasteiger partial charge in [-0.1, -0.05) is 17.7 Å². The predicted molar refractivity (Wildman–Crippen MR) is 108 cm³/mol. The van der Waals surface area contributed by atoms with Crippen LogP contribution in [0.15, 0.2) is 65.4 Å². The molecule has 0 saturated heterocycles. The largest absolute Gasteiger partial charge is 0.460 e. The van der Waals surface area contributed by atoms with Crippen molar-refractivity contribution in [3.05, 3.63) is 72.1 Å². The van der Waals surface area contributed by atoms with Gasteiger partial charge >= 0.3 is 11.6 Å². The molecule has 0 aliphatic carbocycles. The Balaban J connectivity index is 0.000000755. The van der Waals surface area contributed by atoms with Gasteiger partial charge in [0, 0.05) is 30.3 Å². The SMILES string of the molecule is Cc1ccc(Oc2cc(C(=O)Nc3ccn(C)n3)cc3ccoc23)cc1.O=S=O. The van der Waals surface area contributed by atoms with Gasteiger partial charge in [-0.15, -0.1) is 0 Å². The minimum absolute atomic E-state index is 0.263. The second kappa shape index (κ2) is 8.98. The van der Waals surface area contributed by atoms with Gasteiger partial charge in [-0.05, 0) is 37.3 Å². The van der Waals surface area contributed by atoms with E-state index >= 15 is 0 Å². The molecule has 0 atom stereocenters. The van der Waals surface area contributed by atoms with Crippen molar-refractivity contribution >= 4 is 34.3 Å². The number of nitrogens with zero attached hydrogens (tertiary/aromatic N) is 2. The standard InChI is InChI=1S/C20H17N3O3.O2S/c1-13-3-5-16(6-4-13)26-17-12-15(11-14-8-10-25-19(14)17)20(24)21-18-7-9-23(2)22-18;1-3-2/h3-12H,1-2H3,(H,21,22,24);. The van der Waals surface area contributed by atoms with E-state index in [4.69, 9.17) is 17.6 Å². The van der Waals surface area contributed by atoms with E-state index in [1.165, 1.54) is 0 Å². The Hall–Kier alpha value is -3.72. The molecule has 8 nitrogen and oxygen atoms in total. The summed E-state index contributed by atoms with van der Waals surface area (Å²) in [4.78, 5) is 12.6. The van der Waals surface area contributed by atoms with Crippen LogP contribution in [-0.4, -0.2) is 24.1 Å². The number of hydrogen-bond acceptors (Lipinski definition) is 6. The van der Waals surface area contributed by atoms with Gasteiger partial charge < -0.3 is 14.5 Å². The molecule has 0 fully saturated rings. The van der Waals surface area contributed by atoms with Crippen molar-refractivity contribution in [2.45, 2.75) is 6.92 Å². The molecular weight excluding hydrogens is 394 g/mol. The average molecular weight is 411 g/mol. The quantitative estimate of drug-likeness (QED) is 0.547. The molecule has 1 amide bonds. The summed E-state index contributed by atoms with van der Waals surface area (Å²) in [5.41, 5.74) is 2.20. The zero-order valence-corrected chi connectivity index (χ0v) is 16.4. The number of aryl methyl sites for hydroxylation is 2. The molecule has 0 spiro atoms. The Kier molecular flexibility index (Phi) is 6.20. The Morgan fingerprint density at radius 2 is 1.86 bits per heavy atom. The Labute approximate surface area is 169 Å². The molecule has 9 heteroatoms. The molecule has 4 aromatic rings. The van der Waals surface area contributed by atoms with Gasteiger partial charge in [-0.2, -0.15) is 13.5 Å². The first kappa shape index (κ1) is 20.0. The predicted octanol–water partition coefficient (Wildman–Crippen LogP) is 3.85. The summed E-state index contributed by atoms with van der Waals surface area (Å²) in [6.45, 7) is 2.01. The lowest BCUT2D eigenvalue weighted by molar-refractivity contribution is 0.102. The number of furan rings is 1. The third kappa shape index (κ3) is 4.96. The van der Waals surface area contributed by atoms with E-state index < -0.39 is 11.6 Å². The topological polar surface area (TPSA) is 103 Å². The molecule has 0 bridgehead atoms. The molecule has 0 saturated carbocycles. The highest BCUT2D eigenvalue weighted by Gasteiger charge is 2.15. The first-order valence-corrected chi connectivity index (χ1v) is 9.15. The van der Waals surface area contributed by atoms with Crippen LogP contribution in [0.5, 0.6) is 11.5 Å². The molecule has 2 aromatic heterocycles. The normalized spacial score (nSPS) is 10.1. The number of benzene rings is 2. The summed E-state index contributed by atoms with van der Waals surface area (Å²) in [6.07, 6.45) is 3.34. The smallest absolute Gasteiger partial charge is 0.335 e. The number of aromatic nitrogens is 2. The van der Waals surface area contributed by atoms with Crippen molar-refractivity contribution in [1.82, 2.24) is 9.78 Å². The molecular formula is C20H17N3O5S. The zero-order chi connectivity index (χ0) is 20.8. The molecule has 29 heavy (non-hydrogen) atoms. The number of hydrogen-bond donors (Lipinski definition) is 1. The minimum atomic E-state index is -0.750. The Bertz CT molecular complexity index is 1170. The lowest BCUT2D eigenvalue weighted by Crippen LogP contribution is -2.12. The molecule has 1 N–H and O–H groups in total. The van der Waals surface area contributed by atoms with Crippen LogP contribution in [0, 0.1) is 6.92 Å². The van der Waals surface area contributed by atoms with E-state index in [0.717, 1.165) is 10.9 Å². The summed E-state index contributed by atoms with van der Waals surface area (Å²) < 4.78 is 29.7. The van der Waals surface area contributed by atoms with E-state index in [0.29, 0.717) is 28.5 Å². The van der Waals surface area contributed by atoms with Crippen LogP contribution < -0.4 is 10.1 Å². The minimum Gasteiger partial charge on any atom is -0.460 e. The fraction of sp³-hybridized carbons (Fsp3) is 0.100. The van der Waals surface area contributed by atoms with Gasteiger partial charge in [0.25, 0.3) is 5.91 Å². The lowest BCUT2D eigenvalue weighted by atomic mass is 10.1. The van der Waals surface area contributed by atoms with E-state index in [-0.39, 0.29) is 5.91 Å². The number of amides is 1. The summed E-state index contributed by atoms with van der Waals surface area (Å²) >= 11 is -0.750. The summed E-state index contributed by atoms with van der Waals surface area (Å²) in [6, 6.07) is 14.7. The van der Waals surface area contributed by atoms with Gasteiger partial charge in [0.05, 0.1) is 6.26 Å². The number of rotatable bonds is 4. The van der Waals surface area contributed by atoms with Crippen LogP contribution >= 0.6 is 0 Å². The van der Waals surface area contributed by atoms with E-state index in [1.807, 2.05) is 31.2 Å². The van der Waals surface area contributed by atoms with E-state index in [1.54, 1.807) is 48.5 Å². The fourth-order valence-corrected chi connectivity index (χ4v) is 2.66. The van der Waals surface area contributed by atoms with Crippen LogP contribution in [0.25, 0.3) is 11.0 Å². The van der Waals surface area contributed by atoms with Gasteiger partial charge in [-0.25, -0.2) is 0 Å². The van der Waals surface area contributed by atoms with Crippen molar-refractivity contribution in [3.63, 3.8) is 0 Å². The highest BCUT2D eigenvalue weighted by molar-refractivity contribution is 7.51. The molecule has 2 heterocycles. The maximum absolute atomic E-state index is 12.6. The highest BCUT2D eigenvalue weighted by atomic mass is 32.1. The van der Waals surface area contributed by atoms with Crippen molar-refractivity contribution in [3.8, 4) is 11.5 Å². The first-order chi connectivity index (χ1) is 14.0. The monoisotopic (exact) mass is 411 g/mol. The number of nitrogens with one attached hydrogen (secondary N) is 1. The molecule has 0 radical (unpaired) electrons. The number of carbonyl (C=O) groups is 1. The van der Waals surface area contributed by atoms with E-state index in [9.17, 15) is 4.79 Å². The lowest BCUT2D eigenvalue weighted by Gasteiger charge is -2.09. The second-order valence-electron chi connectivity index (χ2n) is 6.13. The van der Waals surface area contributed by atoms with Gasteiger partial charge in [-0.3, -0.25) is 9.48 Å². The second-order valence-corrected chi connectivity index (χ2v) is 6.26. The number of anilines is 1. The fourth-order valence-electron chi connectivity index (χ4n) is 2.66. The zero-order valence-electron chi connectivity index (χ0n) is 15.6. The van der Waals surface area contributed by atoms with Crippen LogP contribution in [-0.2, 0) is 18.6 Å². The van der Waals surface area contributed by atoms with Crippen LogP contribution in [0.1, 0.15) is 15.9 Å². The molecule has 2 aromatic carbocycles. The van der Waals surface area contributed by atoms with E-state index in [2.05, 4.69) is 10.4 Å². The maximum atomic E-state index is 12.6. The van der Waals surface area contributed by atoms with Crippen molar-refractivity contribution in [1.29, 1.82) is 0 Å². The van der Waals surface area contributed by atoms with Gasteiger partial charge in [0.2, 0.25) is 0 Å². The number of carbonyl (C=O) groups excluding carboxylic acids is 1. The first-order valence-electron chi connectivity index (χ1n) is 8.48. The third-order valence-electron chi connectivity index (χ3n) is 3.98. The van der Waals surface area contributed by atoms with Gasteiger partial charge in [0.15, 0.2) is 17.2 Å². The van der Waals surface area contributed by atoms with Crippen molar-refractivity contribution in [2.24, 2.45) is 7.05 Å². The molecule has 0 aliphatic rings. The van der Waals surface area contributed by atoms with Crippen molar-refractivity contribution < 1.29 is 22.4 Å². The summed E-state index contributed by atoms with van der Waals surface area (Å²) in [7, 11) is 1.79. The summed E-state index contributed by atoms with van der Waals surface area (Å²) in [5.74, 6) is 1.39. The van der Waals surface area contributed by atoms with Gasteiger partial charge in [0.1, 0.15) is 5.75 Å². The molecule has 148 valence electrons. The summed E-state index contributed by atoms with van der Waals surface area (Å²) in [5, 5.41) is 7.73. The highest BCUT2D eigenvalue weighted by Crippen LogP contribution is 2.32. The average Bonchev–Trinajstić information content (AvgIpc) is 3.33. The van der Waals surface area contributed by atoms with Crippen LogP contribution in [0.2, 0.25) is 0 Å². The molecule has 0 aliphatic heterocycles. The third-order valence-corrected chi connectivity index (χ3v) is 3.98. The molecule has 4 rings (SSSR count). The Morgan fingerprint density at radius 1 is 1.14 bits per heavy atom. The number of ether oxygens (including phenoxy) is 1. The maximum Gasteiger partial charge on any atom is 0.335 e. The van der Waals surface area contributed by atoms with Crippen LogP contribution in [0.3, 0.4) is 0 Å². The van der Waals surface area contributed by atoms with Crippen molar-refractivity contribution in [2.75, 3.05) is 5.32 Å².